The van der Waals surface area contributed by atoms with E-state index in [2.05, 4.69) is 51.4 Å². The topological polar surface area (TPSA) is 9.23 Å². The van der Waals surface area contributed by atoms with Crippen LogP contribution in [-0.2, 0) is 0 Å². The predicted molar refractivity (Wildman–Crippen MR) is 107 cm³/mol. The number of rotatable bonds is 7. The minimum absolute atomic E-state index is 0.425. The molecule has 0 spiro atoms. The van der Waals surface area contributed by atoms with E-state index >= 15 is 0 Å². The lowest BCUT2D eigenvalue weighted by molar-refractivity contribution is 0.322. The van der Waals surface area contributed by atoms with Crippen LogP contribution in [0.1, 0.15) is 6.42 Å². The van der Waals surface area contributed by atoms with E-state index in [0.717, 1.165) is 16.8 Å². The van der Waals surface area contributed by atoms with Crippen LogP contribution < -0.4 is 20.3 Å². The van der Waals surface area contributed by atoms with Crippen LogP contribution in [0, 0.1) is 0 Å². The molecule has 0 bridgehead atoms. The molecule has 0 aliphatic carbocycles. The second-order valence-electron chi connectivity index (χ2n) is 6.97. The zero-order valence-corrected chi connectivity index (χ0v) is 19.9. The number of hydrogen-bond donors (Lipinski definition) is 0. The van der Waals surface area contributed by atoms with Crippen LogP contribution >= 0.6 is 0 Å². The Morgan fingerprint density at radius 3 is 1.85 bits per heavy atom. The fourth-order valence-electron chi connectivity index (χ4n) is 2.52. The SMILES string of the molecule is C[SiH](C)CCCOc1c([SiH](C)C)cc([SiH3])cc1[SiH](C)C. The van der Waals surface area contributed by atoms with Gasteiger partial charge < -0.3 is 4.74 Å². The average Bonchev–Trinajstić information content (AvgIpc) is 2.34. The van der Waals surface area contributed by atoms with Crippen molar-refractivity contribution in [2.45, 2.75) is 51.7 Å². The molecule has 1 rings (SSSR count). The fraction of sp³-hybridized carbons (Fsp3) is 0.600. The fourth-order valence-corrected chi connectivity index (χ4v) is 7.70. The monoisotopic (exact) mass is 340 g/mol. The Kier molecular flexibility index (Phi) is 7.50. The molecule has 0 N–H and O–H groups in total. The Hall–Kier alpha value is -0.112. The molecule has 0 saturated heterocycles. The summed E-state index contributed by atoms with van der Waals surface area (Å²) >= 11 is 0. The molecular formula is C15H32OSi4. The van der Waals surface area contributed by atoms with Crippen molar-refractivity contribution in [2.24, 2.45) is 0 Å². The Labute approximate surface area is 133 Å². The van der Waals surface area contributed by atoms with Crippen molar-refractivity contribution in [1.29, 1.82) is 0 Å². The summed E-state index contributed by atoms with van der Waals surface area (Å²) in [5, 5.41) is 4.71. The molecule has 0 aliphatic rings. The Bertz CT molecular complexity index is 401. The first-order valence-electron chi connectivity index (χ1n) is 8.10. The van der Waals surface area contributed by atoms with E-state index in [1.807, 2.05) is 0 Å². The van der Waals surface area contributed by atoms with Crippen LogP contribution in [0.25, 0.3) is 0 Å². The van der Waals surface area contributed by atoms with Gasteiger partial charge in [-0.25, -0.2) is 0 Å². The van der Waals surface area contributed by atoms with E-state index in [9.17, 15) is 0 Å². The highest BCUT2D eigenvalue weighted by Gasteiger charge is 2.17. The largest absolute Gasteiger partial charge is 0.494 e. The molecule has 0 heterocycles. The van der Waals surface area contributed by atoms with Crippen LogP contribution in [0.3, 0.4) is 0 Å². The molecule has 1 aromatic carbocycles. The zero-order valence-electron chi connectivity index (χ0n) is 14.4. The molecule has 1 nitrogen and oxygen atoms in total. The molecule has 0 aliphatic heterocycles. The van der Waals surface area contributed by atoms with Gasteiger partial charge in [-0.15, -0.1) is 0 Å². The number of ether oxygens (including phenoxy) is 1. The van der Waals surface area contributed by atoms with E-state index in [1.165, 1.54) is 18.2 Å². The van der Waals surface area contributed by atoms with Crippen molar-refractivity contribution in [3.05, 3.63) is 12.1 Å². The Morgan fingerprint density at radius 2 is 1.45 bits per heavy atom. The molecule has 0 radical (unpaired) electrons. The van der Waals surface area contributed by atoms with Crippen molar-refractivity contribution in [3.63, 3.8) is 0 Å². The molecule has 0 saturated carbocycles. The van der Waals surface area contributed by atoms with Gasteiger partial charge in [0, 0.05) is 19.0 Å². The number of hydrogen-bond acceptors (Lipinski definition) is 1. The molecule has 1 aromatic rings. The maximum Gasteiger partial charge on any atom is 0.117 e. The Morgan fingerprint density at radius 1 is 0.950 bits per heavy atom. The van der Waals surface area contributed by atoms with Crippen molar-refractivity contribution in [1.82, 2.24) is 0 Å². The molecule has 5 heteroatoms. The summed E-state index contributed by atoms with van der Waals surface area (Å²) in [6, 6.07) is 6.29. The highest BCUT2D eigenvalue weighted by Crippen LogP contribution is 2.09. The standard InChI is InChI=1S/C15H32OSi4/c1-18(2)9-7-8-16-15-13(19(3)4)10-12(17)11-14(15)20(5)6/h10-11,18-20H,7-9H2,1-6,17H3. The molecule has 114 valence electrons. The molecule has 0 aromatic heterocycles. The van der Waals surface area contributed by atoms with Crippen LogP contribution in [-0.4, -0.2) is 43.2 Å². The lowest BCUT2D eigenvalue weighted by Crippen LogP contribution is -2.39. The lowest BCUT2D eigenvalue weighted by atomic mass is 10.3. The first kappa shape index (κ1) is 17.9. The molecular weight excluding hydrogens is 309 g/mol. The molecule has 20 heavy (non-hydrogen) atoms. The highest BCUT2D eigenvalue weighted by molar-refractivity contribution is 6.76. The minimum atomic E-state index is -0.809. The summed E-state index contributed by atoms with van der Waals surface area (Å²) in [7, 11) is -0.885. The van der Waals surface area contributed by atoms with Gasteiger partial charge in [0.1, 0.15) is 5.75 Å². The highest BCUT2D eigenvalue weighted by atomic mass is 28.3. The summed E-state index contributed by atoms with van der Waals surface area (Å²) < 4.78 is 6.30. The van der Waals surface area contributed by atoms with Crippen molar-refractivity contribution >= 4 is 52.2 Å². The normalized spacial score (nSPS) is 11.8. The van der Waals surface area contributed by atoms with Crippen LogP contribution in [0.5, 0.6) is 5.75 Å². The van der Waals surface area contributed by atoms with Gasteiger partial charge in [-0.2, -0.15) is 0 Å². The van der Waals surface area contributed by atoms with Gasteiger partial charge in [-0.05, 0) is 16.8 Å². The van der Waals surface area contributed by atoms with E-state index < -0.39 is 26.4 Å². The predicted octanol–water partition coefficient (Wildman–Crippen LogP) is 0.320. The van der Waals surface area contributed by atoms with E-state index in [4.69, 9.17) is 4.74 Å². The van der Waals surface area contributed by atoms with Gasteiger partial charge in [0.05, 0.1) is 24.2 Å². The summed E-state index contributed by atoms with van der Waals surface area (Å²) in [6.07, 6.45) is 1.24. The van der Waals surface area contributed by atoms with Gasteiger partial charge in [-0.3, -0.25) is 0 Å². The van der Waals surface area contributed by atoms with E-state index in [1.54, 1.807) is 15.6 Å². The second kappa shape index (κ2) is 8.36. The first-order chi connectivity index (χ1) is 9.32. The van der Waals surface area contributed by atoms with Crippen LogP contribution in [0.2, 0.25) is 45.3 Å². The third-order valence-electron chi connectivity index (χ3n) is 3.71. The van der Waals surface area contributed by atoms with Crippen LogP contribution in [0.15, 0.2) is 12.1 Å². The quantitative estimate of drug-likeness (QED) is 0.513. The second-order valence-corrected chi connectivity index (χ2v) is 17.3. The molecule has 0 amide bonds. The third-order valence-corrected chi connectivity index (χ3v) is 9.19. The maximum atomic E-state index is 6.30. The van der Waals surface area contributed by atoms with Gasteiger partial charge in [0.15, 0.2) is 0 Å². The zero-order chi connectivity index (χ0) is 15.3. The summed E-state index contributed by atoms with van der Waals surface area (Å²) in [6.45, 7) is 15.5. The minimum Gasteiger partial charge on any atom is -0.494 e. The molecule has 0 unspecified atom stereocenters. The van der Waals surface area contributed by atoms with Crippen molar-refractivity contribution in [2.75, 3.05) is 6.61 Å². The summed E-state index contributed by atoms with van der Waals surface area (Å²) in [4.78, 5) is 0. The third kappa shape index (κ3) is 5.35. The summed E-state index contributed by atoms with van der Waals surface area (Å²) in [5.41, 5.74) is 0. The van der Waals surface area contributed by atoms with Gasteiger partial charge >= 0.3 is 0 Å². The Balaban J connectivity index is 2.95. The van der Waals surface area contributed by atoms with Gasteiger partial charge in [0.25, 0.3) is 0 Å². The summed E-state index contributed by atoms with van der Waals surface area (Å²) in [5.74, 6) is 1.30. The van der Waals surface area contributed by atoms with Crippen LogP contribution in [0.4, 0.5) is 0 Å². The number of benzene rings is 1. The van der Waals surface area contributed by atoms with E-state index in [0.29, 0.717) is 0 Å². The van der Waals surface area contributed by atoms with Crippen molar-refractivity contribution in [3.8, 4) is 5.75 Å². The smallest absolute Gasteiger partial charge is 0.117 e. The molecule has 0 fully saturated rings. The van der Waals surface area contributed by atoms with E-state index in [-0.39, 0.29) is 0 Å². The van der Waals surface area contributed by atoms with Gasteiger partial charge in [0.2, 0.25) is 0 Å². The van der Waals surface area contributed by atoms with Gasteiger partial charge in [-0.1, -0.05) is 62.6 Å². The molecule has 0 atom stereocenters. The lowest BCUT2D eigenvalue weighted by Gasteiger charge is -2.21. The first-order valence-corrected chi connectivity index (χ1v) is 18.0. The van der Waals surface area contributed by atoms with Crippen molar-refractivity contribution < 1.29 is 4.74 Å². The maximum absolute atomic E-state index is 6.30. The average molecular weight is 341 g/mol.